The van der Waals surface area contributed by atoms with Crippen LogP contribution in [0.2, 0.25) is 5.02 Å². The molecule has 1 rings (SSSR count). The van der Waals surface area contributed by atoms with Crippen LogP contribution in [0.1, 0.15) is 13.8 Å². The topological polar surface area (TPSA) is 52.4 Å². The summed E-state index contributed by atoms with van der Waals surface area (Å²) in [4.78, 5) is 9.62. The van der Waals surface area contributed by atoms with Gasteiger partial charge in [-0.1, -0.05) is 11.6 Å². The monoisotopic (exact) mass is 233 g/mol. The molecule has 0 radical (unpaired) electrons. The van der Waals surface area contributed by atoms with E-state index in [1.165, 1.54) is 0 Å². The first-order chi connectivity index (χ1) is 6.91. The fraction of sp³-hybridized carbons (Fsp3) is 0.333. The van der Waals surface area contributed by atoms with Gasteiger partial charge in [0.1, 0.15) is 5.75 Å². The first-order valence-corrected chi connectivity index (χ1v) is 4.59. The molecule has 0 atom stereocenters. The minimum atomic E-state index is -0.971. The summed E-state index contributed by atoms with van der Waals surface area (Å²) in [6.07, 6.45) is -0.187. The number of halogens is 2. The normalized spacial score (nSPS) is 10.5. The molecule has 0 unspecified atom stereocenters. The van der Waals surface area contributed by atoms with Gasteiger partial charge in [0, 0.05) is 6.07 Å². The molecular formula is C9H9ClFNO3. The Balaban J connectivity index is 3.17. The second-order valence-electron chi connectivity index (χ2n) is 3.16. The van der Waals surface area contributed by atoms with Gasteiger partial charge in [0.15, 0.2) is 0 Å². The van der Waals surface area contributed by atoms with Crippen molar-refractivity contribution >= 4 is 17.3 Å². The molecule has 0 fully saturated rings. The molecule has 0 saturated carbocycles. The Bertz CT molecular complexity index is 395. The van der Waals surface area contributed by atoms with E-state index in [4.69, 9.17) is 16.3 Å². The maximum Gasteiger partial charge on any atom is 0.308 e. The van der Waals surface area contributed by atoms with E-state index in [1.807, 2.05) is 0 Å². The van der Waals surface area contributed by atoms with Crippen LogP contribution in [0, 0.1) is 15.9 Å². The molecule has 0 N–H and O–H groups in total. The zero-order valence-electron chi connectivity index (χ0n) is 8.16. The second kappa shape index (κ2) is 4.44. The molecule has 0 aliphatic carbocycles. The summed E-state index contributed by atoms with van der Waals surface area (Å²) in [6.45, 7) is 3.48. The van der Waals surface area contributed by atoms with Gasteiger partial charge in [0.2, 0.25) is 5.82 Å². The lowest BCUT2D eigenvalue weighted by Crippen LogP contribution is -2.06. The number of nitro benzene ring substituents is 1. The van der Waals surface area contributed by atoms with Crippen LogP contribution in [0.4, 0.5) is 10.1 Å². The zero-order chi connectivity index (χ0) is 11.6. The standard InChI is InChI=1S/C9H9ClFNO3/c1-5(2)15-9-4-8(12(13)14)7(11)3-6(9)10/h3-5H,1-2H3. The van der Waals surface area contributed by atoms with Crippen LogP contribution in [-0.2, 0) is 0 Å². The summed E-state index contributed by atoms with van der Waals surface area (Å²) in [6, 6.07) is 1.86. The van der Waals surface area contributed by atoms with E-state index in [0.717, 1.165) is 12.1 Å². The van der Waals surface area contributed by atoms with Gasteiger partial charge in [-0.3, -0.25) is 10.1 Å². The summed E-state index contributed by atoms with van der Waals surface area (Å²) in [5.74, 6) is -0.860. The van der Waals surface area contributed by atoms with Gasteiger partial charge in [-0.05, 0) is 13.8 Å². The molecule has 0 amide bonds. The third-order valence-electron chi connectivity index (χ3n) is 1.56. The van der Waals surface area contributed by atoms with Gasteiger partial charge in [-0.2, -0.15) is 4.39 Å². The Hall–Kier alpha value is -1.36. The van der Waals surface area contributed by atoms with Crippen LogP contribution < -0.4 is 4.74 Å². The number of rotatable bonds is 3. The smallest absolute Gasteiger partial charge is 0.308 e. The summed E-state index contributed by atoms with van der Waals surface area (Å²) < 4.78 is 18.2. The van der Waals surface area contributed by atoms with E-state index in [0.29, 0.717) is 0 Å². The SMILES string of the molecule is CC(C)Oc1cc([N+](=O)[O-])c(F)cc1Cl. The van der Waals surface area contributed by atoms with E-state index in [1.54, 1.807) is 13.8 Å². The molecule has 6 heteroatoms. The van der Waals surface area contributed by atoms with Crippen molar-refractivity contribution in [1.82, 2.24) is 0 Å². The highest BCUT2D eigenvalue weighted by Gasteiger charge is 2.18. The fourth-order valence-corrected chi connectivity index (χ4v) is 1.20. The largest absolute Gasteiger partial charge is 0.489 e. The Labute approximate surface area is 90.8 Å². The van der Waals surface area contributed by atoms with Gasteiger partial charge in [-0.15, -0.1) is 0 Å². The number of nitro groups is 1. The molecule has 82 valence electrons. The predicted molar refractivity (Wildman–Crippen MR) is 53.8 cm³/mol. The molecule has 0 aromatic heterocycles. The van der Waals surface area contributed by atoms with E-state index >= 15 is 0 Å². The summed E-state index contributed by atoms with van der Waals surface area (Å²) >= 11 is 5.66. The highest BCUT2D eigenvalue weighted by Crippen LogP contribution is 2.32. The van der Waals surface area contributed by atoms with Crippen LogP contribution in [0.15, 0.2) is 12.1 Å². The summed E-state index contributed by atoms with van der Waals surface area (Å²) in [5, 5.41) is 10.5. The third-order valence-corrected chi connectivity index (χ3v) is 1.86. The molecule has 0 saturated heterocycles. The average molecular weight is 234 g/mol. The number of hydrogen-bond donors (Lipinski definition) is 0. The van der Waals surface area contributed by atoms with Gasteiger partial charge in [-0.25, -0.2) is 0 Å². The Kier molecular flexibility index (Phi) is 3.47. The molecule has 1 aromatic carbocycles. The lowest BCUT2D eigenvalue weighted by atomic mass is 10.3. The zero-order valence-corrected chi connectivity index (χ0v) is 8.92. The van der Waals surface area contributed by atoms with Gasteiger partial charge >= 0.3 is 5.69 Å². The second-order valence-corrected chi connectivity index (χ2v) is 3.56. The van der Waals surface area contributed by atoms with E-state index in [-0.39, 0.29) is 16.9 Å². The van der Waals surface area contributed by atoms with Crippen LogP contribution in [0.25, 0.3) is 0 Å². The minimum Gasteiger partial charge on any atom is -0.489 e. The van der Waals surface area contributed by atoms with E-state index < -0.39 is 16.4 Å². The van der Waals surface area contributed by atoms with Gasteiger partial charge < -0.3 is 4.74 Å². The highest BCUT2D eigenvalue weighted by molar-refractivity contribution is 6.32. The molecule has 0 aliphatic heterocycles. The van der Waals surface area contributed by atoms with Crippen molar-refractivity contribution in [2.45, 2.75) is 20.0 Å². The van der Waals surface area contributed by atoms with Crippen molar-refractivity contribution in [3.8, 4) is 5.75 Å². The highest BCUT2D eigenvalue weighted by atomic mass is 35.5. The maximum atomic E-state index is 13.0. The molecule has 4 nitrogen and oxygen atoms in total. The summed E-state index contributed by atoms with van der Waals surface area (Å²) in [7, 11) is 0. The van der Waals surface area contributed by atoms with Crippen molar-refractivity contribution in [1.29, 1.82) is 0 Å². The molecule has 1 aromatic rings. The minimum absolute atomic E-state index is 0.0202. The van der Waals surface area contributed by atoms with Crippen molar-refractivity contribution < 1.29 is 14.1 Å². The number of hydrogen-bond acceptors (Lipinski definition) is 3. The lowest BCUT2D eigenvalue weighted by Gasteiger charge is -2.10. The predicted octanol–water partition coefficient (Wildman–Crippen LogP) is 3.17. The van der Waals surface area contributed by atoms with Gasteiger partial charge in [0.05, 0.1) is 22.1 Å². The van der Waals surface area contributed by atoms with E-state index in [2.05, 4.69) is 0 Å². The fourth-order valence-electron chi connectivity index (χ4n) is 1.00. The molecule has 0 heterocycles. The third kappa shape index (κ3) is 2.79. The van der Waals surface area contributed by atoms with Gasteiger partial charge in [0.25, 0.3) is 0 Å². The van der Waals surface area contributed by atoms with Crippen LogP contribution in [-0.4, -0.2) is 11.0 Å². The Morgan fingerprint density at radius 2 is 2.13 bits per heavy atom. The van der Waals surface area contributed by atoms with Crippen LogP contribution in [0.5, 0.6) is 5.75 Å². The number of benzene rings is 1. The maximum absolute atomic E-state index is 13.0. The van der Waals surface area contributed by atoms with Crippen molar-refractivity contribution in [2.75, 3.05) is 0 Å². The lowest BCUT2D eigenvalue weighted by molar-refractivity contribution is -0.387. The molecule has 0 bridgehead atoms. The first-order valence-electron chi connectivity index (χ1n) is 4.22. The van der Waals surface area contributed by atoms with E-state index in [9.17, 15) is 14.5 Å². The van der Waals surface area contributed by atoms with Crippen LogP contribution in [0.3, 0.4) is 0 Å². The summed E-state index contributed by atoms with van der Waals surface area (Å²) in [5.41, 5.74) is -0.643. The number of nitrogens with zero attached hydrogens (tertiary/aromatic N) is 1. The quantitative estimate of drug-likeness (QED) is 0.595. The Morgan fingerprint density at radius 1 is 1.53 bits per heavy atom. The van der Waals surface area contributed by atoms with Crippen molar-refractivity contribution in [3.63, 3.8) is 0 Å². The van der Waals surface area contributed by atoms with Crippen LogP contribution >= 0.6 is 11.6 Å². The molecule has 0 spiro atoms. The Morgan fingerprint density at radius 3 is 2.60 bits per heavy atom. The van der Waals surface area contributed by atoms with Crippen molar-refractivity contribution in [3.05, 3.63) is 33.1 Å². The first kappa shape index (κ1) is 11.7. The number of ether oxygens (including phenoxy) is 1. The van der Waals surface area contributed by atoms with Crippen molar-refractivity contribution in [2.24, 2.45) is 0 Å². The molecule has 0 aliphatic rings. The molecule has 15 heavy (non-hydrogen) atoms. The molecular weight excluding hydrogens is 225 g/mol. The average Bonchev–Trinajstić information content (AvgIpc) is 2.08.